The maximum absolute atomic E-state index is 12.5. The molecule has 1 amide bonds. The van der Waals surface area contributed by atoms with Gasteiger partial charge in [0.15, 0.2) is 0 Å². The maximum atomic E-state index is 12.5. The third-order valence-corrected chi connectivity index (χ3v) is 5.67. The number of nitrogens with two attached hydrogens (primary N) is 1. The number of benzene rings is 1. The molecule has 29 heavy (non-hydrogen) atoms. The molecule has 1 aromatic rings. The van der Waals surface area contributed by atoms with Gasteiger partial charge in [-0.05, 0) is 58.4 Å². The molecule has 3 N–H and O–H groups in total. The van der Waals surface area contributed by atoms with Crippen molar-refractivity contribution in [1.82, 2.24) is 5.32 Å². The van der Waals surface area contributed by atoms with Gasteiger partial charge in [0.25, 0.3) is 0 Å². The third-order valence-electron chi connectivity index (χ3n) is 5.43. The normalized spacial score (nSPS) is 19.7. The van der Waals surface area contributed by atoms with Crippen molar-refractivity contribution in [2.75, 3.05) is 20.3 Å². The van der Waals surface area contributed by atoms with E-state index in [1.807, 2.05) is 46.8 Å². The Balaban J connectivity index is 2.07. The SMILES string of the molecule is COCC(N)C(=O)N[C@@H](CCOc1ccc(Cl)cc1C)B1OC(C)(C)C(C)(C)O1. The van der Waals surface area contributed by atoms with E-state index >= 15 is 0 Å². The molecule has 0 aromatic heterocycles. The molecule has 1 heterocycles. The predicted molar refractivity (Wildman–Crippen MR) is 114 cm³/mol. The number of aryl methyl sites for hydroxylation is 1. The molecule has 1 aliphatic rings. The first kappa shape index (κ1) is 24.0. The molecule has 1 unspecified atom stereocenters. The summed E-state index contributed by atoms with van der Waals surface area (Å²) in [5, 5.41) is 3.59. The van der Waals surface area contributed by atoms with Gasteiger partial charge in [0.1, 0.15) is 11.8 Å². The summed E-state index contributed by atoms with van der Waals surface area (Å²) in [4.78, 5) is 12.5. The summed E-state index contributed by atoms with van der Waals surface area (Å²) in [6, 6.07) is 4.67. The molecule has 1 fully saturated rings. The molecule has 2 atom stereocenters. The van der Waals surface area contributed by atoms with E-state index in [0.717, 1.165) is 11.3 Å². The molecule has 1 aromatic carbocycles. The summed E-state index contributed by atoms with van der Waals surface area (Å²) in [5.41, 5.74) is 5.79. The van der Waals surface area contributed by atoms with E-state index in [4.69, 9.17) is 36.1 Å². The Labute approximate surface area is 178 Å². The molecule has 2 rings (SSSR count). The van der Waals surface area contributed by atoms with Crippen LogP contribution in [0.4, 0.5) is 0 Å². The minimum atomic E-state index is -0.774. The van der Waals surface area contributed by atoms with Gasteiger partial charge in [-0.25, -0.2) is 0 Å². The van der Waals surface area contributed by atoms with Crippen molar-refractivity contribution in [2.24, 2.45) is 5.73 Å². The number of rotatable bonds is 9. The molecule has 1 saturated heterocycles. The number of ether oxygens (including phenoxy) is 2. The molecule has 0 saturated carbocycles. The number of halogens is 1. The number of hydrogen-bond acceptors (Lipinski definition) is 6. The van der Waals surface area contributed by atoms with Crippen molar-refractivity contribution in [2.45, 2.75) is 64.2 Å². The first-order valence-corrected chi connectivity index (χ1v) is 10.1. The van der Waals surface area contributed by atoms with Gasteiger partial charge in [0.05, 0.1) is 30.4 Å². The highest BCUT2D eigenvalue weighted by molar-refractivity contribution is 6.48. The topological polar surface area (TPSA) is 92.0 Å². The number of amides is 1. The first-order chi connectivity index (χ1) is 13.5. The molecule has 9 heteroatoms. The molecular weight excluding hydrogens is 394 g/mol. The van der Waals surface area contributed by atoms with E-state index in [1.54, 1.807) is 6.07 Å². The first-order valence-electron chi connectivity index (χ1n) is 9.76. The van der Waals surface area contributed by atoms with E-state index in [0.29, 0.717) is 18.1 Å². The molecular formula is C20H32BClN2O5. The molecule has 0 aliphatic carbocycles. The highest BCUT2D eigenvalue weighted by Gasteiger charge is 2.54. The number of carbonyl (C=O) groups is 1. The van der Waals surface area contributed by atoms with Crippen molar-refractivity contribution in [3.8, 4) is 5.75 Å². The summed E-state index contributed by atoms with van der Waals surface area (Å²) >= 11 is 6.00. The van der Waals surface area contributed by atoms with E-state index in [1.165, 1.54) is 7.11 Å². The van der Waals surface area contributed by atoms with Gasteiger partial charge < -0.3 is 29.8 Å². The second-order valence-corrected chi connectivity index (χ2v) is 8.79. The van der Waals surface area contributed by atoms with E-state index in [-0.39, 0.29) is 12.5 Å². The van der Waals surface area contributed by atoms with Crippen molar-refractivity contribution < 1.29 is 23.6 Å². The molecule has 162 valence electrons. The molecule has 0 radical (unpaired) electrons. The van der Waals surface area contributed by atoms with Crippen LogP contribution in [0.15, 0.2) is 18.2 Å². The Hall–Kier alpha value is -1.32. The zero-order valence-electron chi connectivity index (χ0n) is 18.1. The van der Waals surface area contributed by atoms with Crippen molar-refractivity contribution in [3.05, 3.63) is 28.8 Å². The predicted octanol–water partition coefficient (Wildman–Crippen LogP) is 2.51. The number of methoxy groups -OCH3 is 1. The Kier molecular flexibility index (Phi) is 7.98. The lowest BCUT2D eigenvalue weighted by atomic mass is 9.76. The Morgan fingerprint density at radius 2 is 1.90 bits per heavy atom. The maximum Gasteiger partial charge on any atom is 0.481 e. The van der Waals surface area contributed by atoms with Crippen LogP contribution in [0.3, 0.4) is 0 Å². The van der Waals surface area contributed by atoms with Gasteiger partial charge in [-0.3, -0.25) is 4.79 Å². The van der Waals surface area contributed by atoms with Crippen molar-refractivity contribution in [1.29, 1.82) is 0 Å². The van der Waals surface area contributed by atoms with Crippen LogP contribution in [0.1, 0.15) is 39.7 Å². The number of hydrogen-bond donors (Lipinski definition) is 2. The zero-order valence-corrected chi connectivity index (χ0v) is 18.8. The Morgan fingerprint density at radius 3 is 2.45 bits per heavy atom. The van der Waals surface area contributed by atoms with Gasteiger partial charge in [-0.2, -0.15) is 0 Å². The highest BCUT2D eigenvalue weighted by atomic mass is 35.5. The molecule has 7 nitrogen and oxygen atoms in total. The fraction of sp³-hybridized carbons (Fsp3) is 0.650. The summed E-state index contributed by atoms with van der Waals surface area (Å²) in [7, 11) is 0.884. The average Bonchev–Trinajstić information content (AvgIpc) is 2.83. The van der Waals surface area contributed by atoms with Crippen LogP contribution in [0.2, 0.25) is 5.02 Å². The average molecular weight is 427 g/mol. The minimum Gasteiger partial charge on any atom is -0.493 e. The fourth-order valence-electron chi connectivity index (χ4n) is 2.94. The summed E-state index contributed by atoms with van der Waals surface area (Å²) in [6.45, 7) is 10.3. The summed E-state index contributed by atoms with van der Waals surface area (Å²) in [5.74, 6) is -0.0159. The molecule has 1 aliphatic heterocycles. The largest absolute Gasteiger partial charge is 0.493 e. The lowest BCUT2D eigenvalue weighted by Gasteiger charge is -2.32. The van der Waals surface area contributed by atoms with Gasteiger partial charge >= 0.3 is 7.12 Å². The van der Waals surface area contributed by atoms with Crippen LogP contribution in [0.5, 0.6) is 5.75 Å². The number of carbonyl (C=O) groups excluding carboxylic acids is 1. The minimum absolute atomic E-state index is 0.127. The van der Waals surface area contributed by atoms with Crippen LogP contribution in [-0.4, -0.2) is 56.5 Å². The van der Waals surface area contributed by atoms with Crippen LogP contribution in [0.25, 0.3) is 0 Å². The van der Waals surface area contributed by atoms with Crippen LogP contribution in [0, 0.1) is 6.92 Å². The summed E-state index contributed by atoms with van der Waals surface area (Å²) in [6.07, 6.45) is 0.477. The second kappa shape index (κ2) is 9.66. The lowest BCUT2D eigenvalue weighted by molar-refractivity contribution is -0.123. The Morgan fingerprint density at radius 1 is 1.28 bits per heavy atom. The van der Waals surface area contributed by atoms with Crippen molar-refractivity contribution in [3.63, 3.8) is 0 Å². The second-order valence-electron chi connectivity index (χ2n) is 8.35. The van der Waals surface area contributed by atoms with Crippen LogP contribution in [-0.2, 0) is 18.8 Å². The quantitative estimate of drug-likeness (QED) is 0.590. The standard InChI is InChI=1S/C20H32BClN2O5/c1-13-11-14(22)7-8-16(13)27-10-9-17(24-18(25)15(23)12-26-6)21-28-19(2,3)20(4,5)29-21/h7-8,11,15,17H,9-10,12,23H2,1-6H3,(H,24,25)/t15?,17-/m0/s1. The smallest absolute Gasteiger partial charge is 0.481 e. The van der Waals surface area contributed by atoms with Crippen LogP contribution < -0.4 is 15.8 Å². The lowest BCUT2D eigenvalue weighted by Crippen LogP contribution is -2.54. The van der Waals surface area contributed by atoms with E-state index in [9.17, 15) is 4.79 Å². The van der Waals surface area contributed by atoms with Crippen molar-refractivity contribution >= 4 is 24.6 Å². The van der Waals surface area contributed by atoms with Gasteiger partial charge in [0, 0.05) is 18.6 Å². The van der Waals surface area contributed by atoms with Crippen LogP contribution >= 0.6 is 11.6 Å². The fourth-order valence-corrected chi connectivity index (χ4v) is 3.17. The van der Waals surface area contributed by atoms with Gasteiger partial charge in [-0.15, -0.1) is 0 Å². The zero-order chi connectivity index (χ0) is 21.8. The van der Waals surface area contributed by atoms with E-state index < -0.39 is 30.3 Å². The molecule has 0 bridgehead atoms. The third kappa shape index (κ3) is 6.09. The highest BCUT2D eigenvalue weighted by Crippen LogP contribution is 2.37. The number of nitrogens with one attached hydrogen (secondary N) is 1. The van der Waals surface area contributed by atoms with Gasteiger partial charge in [0.2, 0.25) is 5.91 Å². The molecule has 0 spiro atoms. The Bertz CT molecular complexity index is 700. The van der Waals surface area contributed by atoms with Gasteiger partial charge in [-0.1, -0.05) is 11.6 Å². The van der Waals surface area contributed by atoms with E-state index in [2.05, 4.69) is 5.32 Å². The summed E-state index contributed by atoms with van der Waals surface area (Å²) < 4.78 is 23.1. The monoisotopic (exact) mass is 426 g/mol.